The Bertz CT molecular complexity index is 1070. The smallest absolute Gasteiger partial charge is 0.253 e. The summed E-state index contributed by atoms with van der Waals surface area (Å²) in [6.45, 7) is 11.7. The van der Waals surface area contributed by atoms with Gasteiger partial charge in [-0.3, -0.25) is 9.48 Å². The van der Waals surface area contributed by atoms with Crippen molar-refractivity contribution in [2.24, 2.45) is 0 Å². The largest absolute Gasteiger partial charge is 0.353 e. The maximum absolute atomic E-state index is 13.1. The van der Waals surface area contributed by atoms with Gasteiger partial charge in [-0.1, -0.05) is 12.1 Å². The number of carbonyl (C=O) groups is 1. The van der Waals surface area contributed by atoms with E-state index in [0.29, 0.717) is 19.6 Å². The molecule has 0 N–H and O–H groups in total. The van der Waals surface area contributed by atoms with Crippen LogP contribution in [0.25, 0.3) is 0 Å². The molecule has 0 saturated carbocycles. The summed E-state index contributed by atoms with van der Waals surface area (Å²) in [5.41, 5.74) is 6.05. The molecule has 1 amide bonds. The van der Waals surface area contributed by atoms with Crippen LogP contribution in [0, 0.1) is 27.7 Å². The van der Waals surface area contributed by atoms with E-state index in [1.807, 2.05) is 47.7 Å². The lowest BCUT2D eigenvalue weighted by Crippen LogP contribution is -2.49. The monoisotopic (exact) mass is 404 g/mol. The topological polar surface area (TPSA) is 67.2 Å². The first-order valence-electron chi connectivity index (χ1n) is 10.3. The summed E-state index contributed by atoms with van der Waals surface area (Å²) < 4.78 is 1.98. The summed E-state index contributed by atoms with van der Waals surface area (Å²) in [4.78, 5) is 26.0. The lowest BCUT2D eigenvalue weighted by Gasteiger charge is -2.36. The Labute approximate surface area is 177 Å². The van der Waals surface area contributed by atoms with E-state index in [9.17, 15) is 4.79 Å². The maximum atomic E-state index is 13.1. The summed E-state index contributed by atoms with van der Waals surface area (Å²) in [7, 11) is 0. The van der Waals surface area contributed by atoms with Crippen molar-refractivity contribution in [3.8, 4) is 0 Å². The Morgan fingerprint density at radius 2 is 1.77 bits per heavy atom. The normalized spacial score (nSPS) is 14.3. The second kappa shape index (κ2) is 8.26. The van der Waals surface area contributed by atoms with E-state index in [1.165, 1.54) is 0 Å². The number of aromatic nitrogens is 4. The molecule has 0 atom stereocenters. The first-order chi connectivity index (χ1) is 14.4. The van der Waals surface area contributed by atoms with Crippen molar-refractivity contribution in [2.75, 3.05) is 31.1 Å². The summed E-state index contributed by atoms with van der Waals surface area (Å²) in [5.74, 6) is 1.06. The van der Waals surface area contributed by atoms with Crippen molar-refractivity contribution in [1.82, 2.24) is 24.6 Å². The van der Waals surface area contributed by atoms with Crippen molar-refractivity contribution in [3.05, 3.63) is 70.4 Å². The zero-order valence-corrected chi connectivity index (χ0v) is 18.1. The van der Waals surface area contributed by atoms with E-state index in [-0.39, 0.29) is 5.91 Å². The van der Waals surface area contributed by atoms with Gasteiger partial charge >= 0.3 is 0 Å². The van der Waals surface area contributed by atoms with Crippen molar-refractivity contribution in [2.45, 2.75) is 34.2 Å². The Balaban J connectivity index is 1.43. The molecule has 0 radical (unpaired) electrons. The number of carbonyl (C=O) groups excluding carboxylic acids is 1. The quantitative estimate of drug-likeness (QED) is 0.669. The van der Waals surface area contributed by atoms with Gasteiger partial charge in [0.05, 0.1) is 12.2 Å². The van der Waals surface area contributed by atoms with Gasteiger partial charge in [0.25, 0.3) is 5.91 Å². The molecule has 1 fully saturated rings. The fourth-order valence-electron chi connectivity index (χ4n) is 3.96. The third kappa shape index (κ3) is 4.06. The summed E-state index contributed by atoms with van der Waals surface area (Å²) in [6.07, 6.45) is 1.61. The third-order valence-electron chi connectivity index (χ3n) is 5.79. The highest BCUT2D eigenvalue weighted by atomic mass is 16.2. The molecule has 1 aliphatic heterocycles. The number of benzene rings is 1. The highest BCUT2D eigenvalue weighted by molar-refractivity contribution is 5.94. The second-order valence-corrected chi connectivity index (χ2v) is 7.97. The highest BCUT2D eigenvalue weighted by Crippen LogP contribution is 2.20. The van der Waals surface area contributed by atoms with Crippen LogP contribution in [0.3, 0.4) is 0 Å². The number of hydrogen-bond donors (Lipinski definition) is 0. The van der Waals surface area contributed by atoms with E-state index in [0.717, 1.165) is 52.7 Å². The number of aryl methyl sites for hydroxylation is 3. The first kappa shape index (κ1) is 20.1. The Morgan fingerprint density at radius 3 is 2.47 bits per heavy atom. The molecule has 4 rings (SSSR count). The standard InChI is InChI=1S/C23H28N6O/c1-16-12-17(2)29(26-16)14-20-6-5-7-21(13-20)23(30)28-10-8-27(9-11-28)22-18(3)19(4)24-15-25-22/h5-7,12-13,15H,8-11,14H2,1-4H3. The molecule has 3 aromatic rings. The van der Waals surface area contributed by atoms with Crippen molar-refractivity contribution >= 4 is 11.7 Å². The zero-order chi connectivity index (χ0) is 21.3. The molecule has 0 spiro atoms. The Morgan fingerprint density at radius 1 is 1.00 bits per heavy atom. The lowest BCUT2D eigenvalue weighted by atomic mass is 10.1. The van der Waals surface area contributed by atoms with Crippen LogP contribution >= 0.6 is 0 Å². The molecule has 2 aromatic heterocycles. The van der Waals surface area contributed by atoms with Gasteiger partial charge in [0.2, 0.25) is 0 Å². The van der Waals surface area contributed by atoms with Crippen molar-refractivity contribution < 1.29 is 4.79 Å². The Hall–Kier alpha value is -3.22. The maximum Gasteiger partial charge on any atom is 0.253 e. The van der Waals surface area contributed by atoms with Crippen LogP contribution in [0.2, 0.25) is 0 Å². The van der Waals surface area contributed by atoms with Crippen molar-refractivity contribution in [3.63, 3.8) is 0 Å². The Kier molecular flexibility index (Phi) is 5.53. The number of rotatable bonds is 4. The average Bonchev–Trinajstić information content (AvgIpc) is 3.06. The average molecular weight is 405 g/mol. The number of nitrogens with zero attached hydrogens (tertiary/aromatic N) is 6. The number of hydrogen-bond acceptors (Lipinski definition) is 5. The molecule has 0 bridgehead atoms. The van der Waals surface area contributed by atoms with E-state index >= 15 is 0 Å². The van der Waals surface area contributed by atoms with Gasteiger partial charge in [-0.05, 0) is 51.5 Å². The number of anilines is 1. The summed E-state index contributed by atoms with van der Waals surface area (Å²) in [6, 6.07) is 9.96. The van der Waals surface area contributed by atoms with Gasteiger partial charge in [0, 0.05) is 48.7 Å². The minimum atomic E-state index is 0.0838. The van der Waals surface area contributed by atoms with E-state index in [2.05, 4.69) is 39.9 Å². The summed E-state index contributed by atoms with van der Waals surface area (Å²) in [5, 5.41) is 4.53. The van der Waals surface area contributed by atoms with Crippen LogP contribution in [0.5, 0.6) is 0 Å². The first-order valence-corrected chi connectivity index (χ1v) is 10.3. The van der Waals surface area contributed by atoms with Gasteiger partial charge in [0.1, 0.15) is 12.1 Å². The fraction of sp³-hybridized carbons (Fsp3) is 0.391. The molecule has 7 nitrogen and oxygen atoms in total. The minimum absolute atomic E-state index is 0.0838. The molecule has 7 heteroatoms. The number of amides is 1. The van der Waals surface area contributed by atoms with E-state index < -0.39 is 0 Å². The van der Waals surface area contributed by atoms with Gasteiger partial charge in [-0.15, -0.1) is 0 Å². The highest BCUT2D eigenvalue weighted by Gasteiger charge is 2.24. The van der Waals surface area contributed by atoms with Crippen LogP contribution in [-0.2, 0) is 6.54 Å². The molecule has 0 aliphatic carbocycles. The molecular formula is C23H28N6O. The summed E-state index contributed by atoms with van der Waals surface area (Å²) >= 11 is 0. The van der Waals surface area contributed by atoms with Crippen LogP contribution in [0.1, 0.15) is 38.6 Å². The van der Waals surface area contributed by atoms with Crippen molar-refractivity contribution in [1.29, 1.82) is 0 Å². The van der Waals surface area contributed by atoms with Crippen LogP contribution in [-0.4, -0.2) is 56.7 Å². The molecule has 1 aromatic carbocycles. The van der Waals surface area contributed by atoms with Crippen LogP contribution in [0.4, 0.5) is 5.82 Å². The predicted molar refractivity (Wildman–Crippen MR) is 117 cm³/mol. The molecule has 0 unspecified atom stereocenters. The van der Waals surface area contributed by atoms with Gasteiger partial charge in [0.15, 0.2) is 0 Å². The van der Waals surface area contributed by atoms with Gasteiger partial charge < -0.3 is 9.80 Å². The molecule has 1 aliphatic rings. The number of piperazine rings is 1. The fourth-order valence-corrected chi connectivity index (χ4v) is 3.96. The third-order valence-corrected chi connectivity index (χ3v) is 5.79. The molecule has 30 heavy (non-hydrogen) atoms. The van der Waals surface area contributed by atoms with Crippen LogP contribution < -0.4 is 4.90 Å². The minimum Gasteiger partial charge on any atom is -0.353 e. The molecule has 3 heterocycles. The van der Waals surface area contributed by atoms with E-state index in [4.69, 9.17) is 0 Å². The zero-order valence-electron chi connectivity index (χ0n) is 18.1. The molecule has 1 saturated heterocycles. The van der Waals surface area contributed by atoms with E-state index in [1.54, 1.807) is 6.33 Å². The van der Waals surface area contributed by atoms with Gasteiger partial charge in [-0.2, -0.15) is 5.10 Å². The molecular weight excluding hydrogens is 376 g/mol. The predicted octanol–water partition coefficient (Wildman–Crippen LogP) is 2.92. The SMILES string of the molecule is Cc1cc(C)n(Cc2cccc(C(=O)N3CCN(c4ncnc(C)c4C)CC3)c2)n1. The molecule has 156 valence electrons. The lowest BCUT2D eigenvalue weighted by molar-refractivity contribution is 0.0746. The van der Waals surface area contributed by atoms with Crippen LogP contribution in [0.15, 0.2) is 36.7 Å². The van der Waals surface area contributed by atoms with Gasteiger partial charge in [-0.25, -0.2) is 9.97 Å². The second-order valence-electron chi connectivity index (χ2n) is 7.97.